The zero-order chi connectivity index (χ0) is 17.9. The van der Waals surface area contributed by atoms with Gasteiger partial charge in [-0.3, -0.25) is 4.79 Å². The number of amides is 1. The molecule has 5 rings (SSSR count). The zero-order valence-corrected chi connectivity index (χ0v) is 15.4. The highest BCUT2D eigenvalue weighted by Gasteiger charge is 2.61. The zero-order valence-electron chi connectivity index (χ0n) is 15.4. The first-order valence-corrected chi connectivity index (χ1v) is 9.81. The smallest absolute Gasteiger partial charge is 0.249 e. The maximum atomic E-state index is 13.0. The number of fused-ring (bicyclic) bond motifs is 2. The van der Waals surface area contributed by atoms with E-state index in [9.17, 15) is 4.79 Å². The lowest BCUT2D eigenvalue weighted by atomic mass is 9.95. The van der Waals surface area contributed by atoms with E-state index in [4.69, 9.17) is 4.52 Å². The molecule has 136 valence electrons. The monoisotopic (exact) mass is 351 g/mol. The summed E-state index contributed by atoms with van der Waals surface area (Å²) in [6, 6.07) is 8.38. The van der Waals surface area contributed by atoms with Gasteiger partial charge in [0.15, 0.2) is 5.82 Å². The Morgan fingerprint density at radius 1 is 1.31 bits per heavy atom. The quantitative estimate of drug-likeness (QED) is 0.892. The topological polar surface area (TPSA) is 68.0 Å². The first kappa shape index (κ1) is 16.0. The predicted molar refractivity (Wildman–Crippen MR) is 96.5 cm³/mol. The number of rotatable bonds is 5. The summed E-state index contributed by atoms with van der Waals surface area (Å²) in [6.45, 7) is 4.17. The number of carbonyl (C=O) groups excluding carboxylic acids is 1. The molecule has 3 aliphatic carbocycles. The van der Waals surface area contributed by atoms with E-state index in [0.29, 0.717) is 11.8 Å². The Labute approximate surface area is 153 Å². The van der Waals surface area contributed by atoms with Crippen LogP contribution in [-0.4, -0.2) is 16.0 Å². The van der Waals surface area contributed by atoms with Crippen LogP contribution < -0.4 is 5.32 Å². The molecule has 2 fully saturated rings. The van der Waals surface area contributed by atoms with Crippen LogP contribution >= 0.6 is 0 Å². The van der Waals surface area contributed by atoms with Crippen molar-refractivity contribution in [2.24, 2.45) is 11.8 Å². The molecule has 0 radical (unpaired) electrons. The van der Waals surface area contributed by atoms with E-state index in [1.165, 1.54) is 11.1 Å². The maximum Gasteiger partial charge on any atom is 0.249 e. The van der Waals surface area contributed by atoms with Crippen molar-refractivity contribution in [1.29, 1.82) is 0 Å². The highest BCUT2D eigenvalue weighted by molar-refractivity contribution is 5.85. The molecule has 0 saturated heterocycles. The summed E-state index contributed by atoms with van der Waals surface area (Å²) in [5.41, 5.74) is 2.86. The van der Waals surface area contributed by atoms with Gasteiger partial charge in [-0.25, -0.2) is 0 Å². The van der Waals surface area contributed by atoms with Gasteiger partial charge < -0.3 is 9.84 Å². The fourth-order valence-electron chi connectivity index (χ4n) is 4.59. The van der Waals surface area contributed by atoms with Crippen LogP contribution in [0.5, 0.6) is 0 Å². The van der Waals surface area contributed by atoms with Gasteiger partial charge in [0.25, 0.3) is 0 Å². The molecule has 1 amide bonds. The Kier molecular flexibility index (Phi) is 3.49. The molecule has 3 unspecified atom stereocenters. The Bertz CT molecular complexity index is 854. The van der Waals surface area contributed by atoms with Gasteiger partial charge in [-0.1, -0.05) is 43.3 Å². The van der Waals surface area contributed by atoms with Crippen LogP contribution in [0.3, 0.4) is 0 Å². The van der Waals surface area contributed by atoms with Crippen LogP contribution in [0.2, 0.25) is 0 Å². The lowest BCUT2D eigenvalue weighted by molar-refractivity contribution is -0.124. The summed E-state index contributed by atoms with van der Waals surface area (Å²) < 4.78 is 5.49. The van der Waals surface area contributed by atoms with Crippen LogP contribution in [0.25, 0.3) is 0 Å². The fourth-order valence-corrected chi connectivity index (χ4v) is 4.59. The molecular formula is C21H25N3O2. The molecule has 2 aromatic rings. The third-order valence-electron chi connectivity index (χ3n) is 6.42. The summed E-state index contributed by atoms with van der Waals surface area (Å²) in [4.78, 5) is 17.6. The average Bonchev–Trinajstić information content (AvgIpc) is 3.52. The van der Waals surface area contributed by atoms with Crippen LogP contribution in [-0.2, 0) is 16.6 Å². The summed E-state index contributed by atoms with van der Waals surface area (Å²) in [7, 11) is 0. The molecule has 5 nitrogen and oxygen atoms in total. The van der Waals surface area contributed by atoms with Crippen LogP contribution in [0.15, 0.2) is 28.8 Å². The van der Waals surface area contributed by atoms with Crippen LogP contribution in [0.4, 0.5) is 0 Å². The summed E-state index contributed by atoms with van der Waals surface area (Å²) >= 11 is 0. The van der Waals surface area contributed by atoms with Crippen molar-refractivity contribution in [2.75, 3.05) is 0 Å². The van der Waals surface area contributed by atoms with E-state index in [1.807, 2.05) is 0 Å². The first-order chi connectivity index (χ1) is 12.6. The minimum Gasteiger partial charge on any atom is -0.344 e. The second kappa shape index (κ2) is 5.66. The molecule has 0 aliphatic heterocycles. The Balaban J connectivity index is 1.33. The van der Waals surface area contributed by atoms with E-state index in [2.05, 4.69) is 53.6 Å². The van der Waals surface area contributed by atoms with Gasteiger partial charge in [-0.2, -0.15) is 4.98 Å². The van der Waals surface area contributed by atoms with Gasteiger partial charge >= 0.3 is 0 Å². The third kappa shape index (κ3) is 2.48. The second-order valence-corrected chi connectivity index (χ2v) is 8.57. The SMILES string of the molecule is CC(C)C(NC(=O)C1CC12CCc1ccccc12)c1nc(C2CC2)no1. The van der Waals surface area contributed by atoms with Gasteiger partial charge in [0.05, 0.1) is 0 Å². The maximum absolute atomic E-state index is 13.0. The number of aromatic nitrogens is 2. The van der Waals surface area contributed by atoms with E-state index < -0.39 is 0 Å². The first-order valence-electron chi connectivity index (χ1n) is 9.81. The van der Waals surface area contributed by atoms with Crippen molar-refractivity contribution in [3.05, 3.63) is 47.1 Å². The van der Waals surface area contributed by atoms with Crippen molar-refractivity contribution in [3.63, 3.8) is 0 Å². The number of benzene rings is 1. The minimum absolute atomic E-state index is 0.0657. The largest absolute Gasteiger partial charge is 0.344 e. The molecule has 1 heterocycles. The van der Waals surface area contributed by atoms with Gasteiger partial charge in [0.1, 0.15) is 6.04 Å². The van der Waals surface area contributed by atoms with Crippen molar-refractivity contribution >= 4 is 5.91 Å². The van der Waals surface area contributed by atoms with Gasteiger partial charge in [-0.15, -0.1) is 0 Å². The average molecular weight is 351 g/mol. The Morgan fingerprint density at radius 2 is 2.12 bits per heavy atom. The van der Waals surface area contributed by atoms with Gasteiger partial charge in [-0.05, 0) is 49.1 Å². The lowest BCUT2D eigenvalue weighted by Crippen LogP contribution is -2.34. The van der Waals surface area contributed by atoms with Crippen LogP contribution in [0.1, 0.15) is 74.3 Å². The molecule has 1 spiro atoms. The molecule has 2 saturated carbocycles. The summed E-state index contributed by atoms with van der Waals surface area (Å²) in [5, 5.41) is 7.33. The minimum atomic E-state index is -0.211. The Hall–Kier alpha value is -2.17. The molecule has 1 aromatic heterocycles. The van der Waals surface area contributed by atoms with E-state index in [-0.39, 0.29) is 29.2 Å². The number of aryl methyl sites for hydroxylation is 1. The molecule has 1 aromatic carbocycles. The van der Waals surface area contributed by atoms with Gasteiger partial charge in [0.2, 0.25) is 11.8 Å². The number of carbonyl (C=O) groups is 1. The highest BCUT2D eigenvalue weighted by Crippen LogP contribution is 2.61. The molecular weight excluding hydrogens is 326 g/mol. The second-order valence-electron chi connectivity index (χ2n) is 8.57. The van der Waals surface area contributed by atoms with Crippen molar-refractivity contribution in [3.8, 4) is 0 Å². The number of nitrogens with zero attached hydrogens (tertiary/aromatic N) is 2. The van der Waals surface area contributed by atoms with E-state index in [1.54, 1.807) is 0 Å². The van der Waals surface area contributed by atoms with Crippen molar-refractivity contribution < 1.29 is 9.32 Å². The van der Waals surface area contributed by atoms with Crippen molar-refractivity contribution in [1.82, 2.24) is 15.5 Å². The molecule has 3 aliphatic rings. The molecule has 0 bridgehead atoms. The highest BCUT2D eigenvalue weighted by atomic mass is 16.5. The third-order valence-corrected chi connectivity index (χ3v) is 6.42. The van der Waals surface area contributed by atoms with Crippen molar-refractivity contribution in [2.45, 2.75) is 63.3 Å². The number of hydrogen-bond acceptors (Lipinski definition) is 4. The summed E-state index contributed by atoms with van der Waals surface area (Å²) in [6.07, 6.45) is 5.41. The lowest BCUT2D eigenvalue weighted by Gasteiger charge is -2.19. The standard InChI is InChI=1S/C21H25N3O2/c1-12(2)17(20-23-18(24-26-20)14-7-8-14)22-19(25)16-11-21(16)10-9-13-5-3-4-6-15(13)21/h3-6,12,14,16-17H,7-11H2,1-2H3,(H,22,25). The normalized spacial score (nSPS) is 27.6. The summed E-state index contributed by atoms with van der Waals surface area (Å²) in [5.74, 6) is 2.21. The Morgan fingerprint density at radius 3 is 2.88 bits per heavy atom. The van der Waals surface area contributed by atoms with Gasteiger partial charge in [0, 0.05) is 17.3 Å². The molecule has 1 N–H and O–H groups in total. The molecule has 3 atom stereocenters. The molecule has 5 heteroatoms. The van der Waals surface area contributed by atoms with E-state index in [0.717, 1.165) is 37.9 Å². The fraction of sp³-hybridized carbons (Fsp3) is 0.571. The number of nitrogens with one attached hydrogen (secondary N) is 1. The number of hydrogen-bond donors (Lipinski definition) is 1. The van der Waals surface area contributed by atoms with E-state index >= 15 is 0 Å². The van der Waals surface area contributed by atoms with Crippen LogP contribution in [0, 0.1) is 11.8 Å². The molecule has 26 heavy (non-hydrogen) atoms. The predicted octanol–water partition coefficient (Wildman–Crippen LogP) is 3.66.